The average molecular weight is 526 g/mol. The second-order valence-electron chi connectivity index (χ2n) is 9.93. The Kier molecular flexibility index (Phi) is 9.54. The van der Waals surface area contributed by atoms with Gasteiger partial charge in [0.25, 0.3) is 0 Å². The van der Waals surface area contributed by atoms with Crippen molar-refractivity contribution in [2.24, 2.45) is 29.4 Å². The predicted octanol–water partition coefficient (Wildman–Crippen LogP) is 3.23. The second kappa shape index (κ2) is 12.0. The Labute approximate surface area is 217 Å². The molecule has 36 heavy (non-hydrogen) atoms. The quantitative estimate of drug-likeness (QED) is 0.308. The smallest absolute Gasteiger partial charge is 0.321 e. The maximum atomic E-state index is 12.3. The highest BCUT2D eigenvalue weighted by molar-refractivity contribution is 7.99. The lowest BCUT2D eigenvalue weighted by molar-refractivity contribution is -0.335. The van der Waals surface area contributed by atoms with Crippen LogP contribution in [0.25, 0.3) is 0 Å². The fourth-order valence-corrected chi connectivity index (χ4v) is 6.89. The Balaban J connectivity index is 1.90. The molecule has 2 fully saturated rings. The number of aliphatic carboxylic acids is 1. The highest BCUT2D eigenvalue weighted by Crippen LogP contribution is 2.57. The van der Waals surface area contributed by atoms with Crippen molar-refractivity contribution >= 4 is 23.7 Å². The number of ether oxygens (including phenoxy) is 4. The van der Waals surface area contributed by atoms with Crippen LogP contribution in [0.5, 0.6) is 11.5 Å². The van der Waals surface area contributed by atoms with Crippen molar-refractivity contribution in [1.82, 2.24) is 0 Å². The van der Waals surface area contributed by atoms with E-state index in [0.717, 1.165) is 18.4 Å². The number of rotatable bonds is 10. The SMILES string of the molecule is COc1ccc([C@@H]2O[C@H](OC(C)=O)[C@]3(O)C(CC[C@@H](C)[C@@H]3CCSC[C@@H](N)C(=O)O)[C@H]2C)c(OC)c1. The van der Waals surface area contributed by atoms with Crippen LogP contribution in [0, 0.1) is 23.7 Å². The molecule has 0 amide bonds. The number of carboxylic acids is 1. The Morgan fingerprint density at radius 2 is 1.97 bits per heavy atom. The number of thioether (sulfide) groups is 1. The molecule has 4 N–H and O–H groups in total. The van der Waals surface area contributed by atoms with Gasteiger partial charge in [-0.1, -0.05) is 13.8 Å². The van der Waals surface area contributed by atoms with E-state index < -0.39 is 36.0 Å². The minimum absolute atomic E-state index is 0.0906. The van der Waals surface area contributed by atoms with Gasteiger partial charge in [-0.25, -0.2) is 0 Å². The third-order valence-electron chi connectivity index (χ3n) is 7.78. The van der Waals surface area contributed by atoms with Crippen LogP contribution < -0.4 is 15.2 Å². The first-order chi connectivity index (χ1) is 17.0. The maximum absolute atomic E-state index is 12.3. The lowest BCUT2D eigenvalue weighted by Gasteiger charge is -2.58. The molecule has 0 radical (unpaired) electrons. The van der Waals surface area contributed by atoms with Gasteiger partial charge in [0.15, 0.2) is 0 Å². The summed E-state index contributed by atoms with van der Waals surface area (Å²) in [5.41, 5.74) is 5.06. The van der Waals surface area contributed by atoms with E-state index in [1.165, 1.54) is 18.7 Å². The van der Waals surface area contributed by atoms with Gasteiger partial charge in [0, 0.05) is 24.3 Å². The van der Waals surface area contributed by atoms with E-state index >= 15 is 0 Å². The minimum atomic E-state index is -1.38. The molecule has 10 heteroatoms. The zero-order valence-corrected chi connectivity index (χ0v) is 22.5. The number of carbonyl (C=O) groups excluding carboxylic acids is 1. The summed E-state index contributed by atoms with van der Waals surface area (Å²) in [6.07, 6.45) is 0.697. The van der Waals surface area contributed by atoms with E-state index in [0.29, 0.717) is 23.7 Å². The molecule has 3 rings (SSSR count). The molecule has 1 saturated carbocycles. The number of fused-ring (bicyclic) bond motifs is 1. The number of aliphatic hydroxyl groups is 1. The van der Waals surface area contributed by atoms with Crippen molar-refractivity contribution in [1.29, 1.82) is 0 Å². The van der Waals surface area contributed by atoms with Crippen LogP contribution in [-0.2, 0) is 19.1 Å². The molecule has 8 atom stereocenters. The topological polar surface area (TPSA) is 138 Å². The van der Waals surface area contributed by atoms with Gasteiger partial charge in [-0.15, -0.1) is 0 Å². The van der Waals surface area contributed by atoms with E-state index in [4.69, 9.17) is 29.8 Å². The van der Waals surface area contributed by atoms with E-state index in [9.17, 15) is 14.7 Å². The summed E-state index contributed by atoms with van der Waals surface area (Å²) in [4.78, 5) is 23.2. The van der Waals surface area contributed by atoms with Crippen molar-refractivity contribution in [2.75, 3.05) is 25.7 Å². The molecule has 1 aliphatic carbocycles. The lowest BCUT2D eigenvalue weighted by Crippen LogP contribution is -2.65. The van der Waals surface area contributed by atoms with E-state index in [2.05, 4.69) is 13.8 Å². The Morgan fingerprint density at radius 3 is 2.58 bits per heavy atom. The van der Waals surface area contributed by atoms with Gasteiger partial charge in [-0.05, 0) is 60.8 Å². The van der Waals surface area contributed by atoms with Crippen LogP contribution >= 0.6 is 11.8 Å². The van der Waals surface area contributed by atoms with Crippen molar-refractivity contribution < 1.29 is 38.7 Å². The third kappa shape index (κ3) is 5.77. The Hall–Kier alpha value is -2.01. The molecule has 0 bridgehead atoms. The molecule has 0 aromatic heterocycles. The van der Waals surface area contributed by atoms with Crippen molar-refractivity contribution in [3.63, 3.8) is 0 Å². The Bertz CT molecular complexity index is 929. The van der Waals surface area contributed by atoms with Gasteiger partial charge in [-0.3, -0.25) is 9.59 Å². The second-order valence-corrected chi connectivity index (χ2v) is 11.1. The van der Waals surface area contributed by atoms with Crippen molar-refractivity contribution in [3.05, 3.63) is 23.8 Å². The maximum Gasteiger partial charge on any atom is 0.321 e. The van der Waals surface area contributed by atoms with Crippen LogP contribution in [0.3, 0.4) is 0 Å². The summed E-state index contributed by atoms with van der Waals surface area (Å²) in [7, 11) is 3.17. The zero-order valence-electron chi connectivity index (χ0n) is 21.6. The average Bonchev–Trinajstić information content (AvgIpc) is 2.84. The number of hydrogen-bond donors (Lipinski definition) is 3. The molecule has 2 aliphatic rings. The summed E-state index contributed by atoms with van der Waals surface area (Å²) >= 11 is 1.45. The summed E-state index contributed by atoms with van der Waals surface area (Å²) in [6.45, 7) is 5.47. The van der Waals surface area contributed by atoms with Gasteiger partial charge in [0.05, 0.1) is 20.3 Å². The van der Waals surface area contributed by atoms with Crippen LogP contribution in [0.15, 0.2) is 18.2 Å². The number of esters is 1. The summed E-state index contributed by atoms with van der Waals surface area (Å²) < 4.78 is 23.0. The molecule has 1 heterocycles. The van der Waals surface area contributed by atoms with E-state index in [1.807, 2.05) is 12.1 Å². The molecule has 1 unspecified atom stereocenters. The molecule has 1 aliphatic heterocycles. The molecule has 202 valence electrons. The van der Waals surface area contributed by atoms with E-state index in [1.54, 1.807) is 20.3 Å². The highest BCUT2D eigenvalue weighted by atomic mass is 32.2. The van der Waals surface area contributed by atoms with Crippen LogP contribution in [0.2, 0.25) is 0 Å². The van der Waals surface area contributed by atoms with Crippen LogP contribution in [-0.4, -0.2) is 65.8 Å². The number of carbonyl (C=O) groups is 2. The summed E-state index contributed by atoms with van der Waals surface area (Å²) in [5, 5.41) is 21.3. The first kappa shape index (κ1) is 28.6. The number of benzene rings is 1. The first-order valence-corrected chi connectivity index (χ1v) is 13.5. The molecule has 9 nitrogen and oxygen atoms in total. The van der Waals surface area contributed by atoms with Crippen molar-refractivity contribution in [2.45, 2.75) is 64.1 Å². The van der Waals surface area contributed by atoms with Gasteiger partial charge in [-0.2, -0.15) is 11.8 Å². The molecular formula is C26H39NO8S. The number of nitrogens with two attached hydrogens (primary N) is 1. The zero-order chi connectivity index (χ0) is 26.6. The highest BCUT2D eigenvalue weighted by Gasteiger charge is 2.62. The normalized spacial score (nSPS) is 32.8. The standard InChI is InChI=1S/C26H39NO8S/c1-14-6-9-20-15(2)23(18-8-7-17(32-4)12-22(18)33-5)35-25(34-16(3)28)26(20,31)19(14)10-11-36-13-21(27)24(29)30/h7-8,12,14-15,19-21,23,25,31H,6,9-11,13,27H2,1-5H3,(H,29,30)/t14-,15-,19+,20?,21-,23-,25+,26-/m1/s1. The third-order valence-corrected chi connectivity index (χ3v) is 8.90. The van der Waals surface area contributed by atoms with Crippen LogP contribution in [0.1, 0.15) is 51.7 Å². The number of methoxy groups -OCH3 is 2. The monoisotopic (exact) mass is 525 g/mol. The molecule has 1 aromatic carbocycles. The molecule has 1 aromatic rings. The van der Waals surface area contributed by atoms with Gasteiger partial charge in [0.2, 0.25) is 6.29 Å². The molecular weight excluding hydrogens is 486 g/mol. The largest absolute Gasteiger partial charge is 0.497 e. The number of carboxylic acid groups (broad SMARTS) is 1. The summed E-state index contributed by atoms with van der Waals surface area (Å²) in [6, 6.07) is 4.58. The molecule has 1 saturated heterocycles. The summed E-state index contributed by atoms with van der Waals surface area (Å²) in [5.74, 6) is 0.310. The minimum Gasteiger partial charge on any atom is -0.497 e. The van der Waals surface area contributed by atoms with E-state index in [-0.39, 0.29) is 29.4 Å². The van der Waals surface area contributed by atoms with Crippen LogP contribution in [0.4, 0.5) is 0 Å². The lowest BCUT2D eigenvalue weighted by atomic mass is 9.57. The first-order valence-electron chi connectivity index (χ1n) is 12.4. The fourth-order valence-electron chi connectivity index (χ4n) is 5.91. The Morgan fingerprint density at radius 1 is 1.25 bits per heavy atom. The van der Waals surface area contributed by atoms with Gasteiger partial charge in [0.1, 0.15) is 23.1 Å². The van der Waals surface area contributed by atoms with Gasteiger partial charge < -0.3 is 34.9 Å². The predicted molar refractivity (Wildman–Crippen MR) is 136 cm³/mol. The fraction of sp³-hybridized carbons (Fsp3) is 0.692. The van der Waals surface area contributed by atoms with Gasteiger partial charge >= 0.3 is 11.9 Å². The number of hydrogen-bond acceptors (Lipinski definition) is 9. The van der Waals surface area contributed by atoms with Crippen molar-refractivity contribution in [3.8, 4) is 11.5 Å². The molecule has 0 spiro atoms.